The highest BCUT2D eigenvalue weighted by Gasteiger charge is 2.76. The number of halogens is 7. The molecule has 0 unspecified atom stereocenters. The molecule has 0 aliphatic heterocycles. The maximum Gasteiger partial charge on any atom is 0.460 e. The molecule has 0 spiro atoms. The van der Waals surface area contributed by atoms with E-state index in [0.717, 1.165) is 0 Å². The van der Waals surface area contributed by atoms with Crippen LogP contribution in [0.1, 0.15) is 0 Å². The minimum atomic E-state index is -6.60. The van der Waals surface area contributed by atoms with Gasteiger partial charge in [-0.2, -0.15) is 30.7 Å². The number of rotatable bonds is 2. The van der Waals surface area contributed by atoms with E-state index in [4.69, 9.17) is 5.11 Å². The Morgan fingerprint density at radius 1 is 0.923 bits per heavy atom. The first-order chi connectivity index (χ1) is 5.44. The van der Waals surface area contributed by atoms with Crippen molar-refractivity contribution in [2.75, 3.05) is 0 Å². The first-order valence-corrected chi connectivity index (χ1v) is 2.50. The van der Waals surface area contributed by atoms with Gasteiger partial charge in [-0.1, -0.05) is 0 Å². The van der Waals surface area contributed by atoms with E-state index in [1.807, 2.05) is 0 Å². The summed E-state index contributed by atoms with van der Waals surface area (Å²) >= 11 is 0. The van der Waals surface area contributed by atoms with Crippen molar-refractivity contribution < 1.29 is 40.6 Å². The second-order valence-electron chi connectivity index (χ2n) is 1.95. The largest absolute Gasteiger partial charge is 0.477 e. The van der Waals surface area contributed by atoms with Crippen LogP contribution in [0.5, 0.6) is 0 Å². The minimum Gasteiger partial charge on any atom is -0.477 e. The highest BCUT2D eigenvalue weighted by atomic mass is 19.4. The summed E-state index contributed by atoms with van der Waals surface area (Å²) in [5.74, 6) is -16.3. The van der Waals surface area contributed by atoms with E-state index >= 15 is 0 Å². The summed E-state index contributed by atoms with van der Waals surface area (Å²) in [6, 6.07) is 0. The summed E-state index contributed by atoms with van der Waals surface area (Å²) in [5.41, 5.74) is 0. The van der Waals surface area contributed by atoms with Gasteiger partial charge >= 0.3 is 24.0 Å². The minimum absolute atomic E-state index is 3.53. The SMILES string of the molecule is O=C(O)C(F)(F)C(F)(F)C(F)(F)F. The lowest BCUT2D eigenvalue weighted by Gasteiger charge is -2.24. The maximum absolute atomic E-state index is 11.8. The Morgan fingerprint density at radius 2 is 1.23 bits per heavy atom. The number of alkyl halides is 7. The zero-order chi connectivity index (χ0) is 11.1. The molecule has 0 amide bonds. The first kappa shape index (κ1) is 12.0. The van der Waals surface area contributed by atoms with Gasteiger partial charge in [0.2, 0.25) is 0 Å². The van der Waals surface area contributed by atoms with Crippen LogP contribution >= 0.6 is 0 Å². The lowest BCUT2D eigenvalue weighted by molar-refractivity contribution is -0.347. The molecule has 1 N–H and O–H groups in total. The molecule has 0 fully saturated rings. The van der Waals surface area contributed by atoms with Crippen molar-refractivity contribution in [3.8, 4) is 0 Å². The van der Waals surface area contributed by atoms with Gasteiger partial charge in [-0.3, -0.25) is 0 Å². The van der Waals surface area contributed by atoms with Crippen molar-refractivity contribution in [1.29, 1.82) is 0 Å². The van der Waals surface area contributed by atoms with Gasteiger partial charge in [-0.15, -0.1) is 0 Å². The van der Waals surface area contributed by atoms with Gasteiger partial charge in [0.25, 0.3) is 0 Å². The standard InChI is InChI=1S/C4HF7O2/c5-2(6,1(12)13)3(7,8)4(9,10)11/h(H,12,13). The number of hydrogen-bond donors (Lipinski definition) is 1. The van der Waals surface area contributed by atoms with E-state index in [0.29, 0.717) is 0 Å². The lowest BCUT2D eigenvalue weighted by Crippen LogP contribution is -2.56. The number of carboxylic acid groups (broad SMARTS) is 1. The summed E-state index contributed by atoms with van der Waals surface area (Å²) in [6.45, 7) is 0. The molecule has 0 aliphatic carbocycles. The van der Waals surface area contributed by atoms with E-state index < -0.39 is 24.0 Å². The Balaban J connectivity index is 5.16. The Hall–Kier alpha value is -1.02. The fourth-order valence-electron chi connectivity index (χ4n) is 0.312. The van der Waals surface area contributed by atoms with E-state index in [9.17, 15) is 35.5 Å². The van der Waals surface area contributed by atoms with Gasteiger partial charge in [0.1, 0.15) is 0 Å². The van der Waals surface area contributed by atoms with Gasteiger partial charge in [0.05, 0.1) is 0 Å². The van der Waals surface area contributed by atoms with Crippen LogP contribution in [0.2, 0.25) is 0 Å². The average molecular weight is 214 g/mol. The fraction of sp³-hybridized carbons (Fsp3) is 0.750. The molecule has 0 aromatic heterocycles. The third-order valence-electron chi connectivity index (χ3n) is 1.02. The second-order valence-corrected chi connectivity index (χ2v) is 1.95. The van der Waals surface area contributed by atoms with Gasteiger partial charge in [0.15, 0.2) is 0 Å². The highest BCUT2D eigenvalue weighted by Crippen LogP contribution is 2.46. The molecule has 9 heteroatoms. The normalized spacial score (nSPS) is 14.4. The van der Waals surface area contributed by atoms with Crippen molar-refractivity contribution in [1.82, 2.24) is 0 Å². The third-order valence-corrected chi connectivity index (χ3v) is 1.02. The Labute approximate surface area is 65.9 Å². The molecule has 0 heterocycles. The number of hydrogen-bond acceptors (Lipinski definition) is 1. The molecule has 0 rings (SSSR count). The zero-order valence-corrected chi connectivity index (χ0v) is 5.50. The van der Waals surface area contributed by atoms with E-state index in [-0.39, 0.29) is 0 Å². The van der Waals surface area contributed by atoms with Gasteiger partial charge in [-0.25, -0.2) is 4.79 Å². The van der Waals surface area contributed by atoms with E-state index in [1.54, 1.807) is 0 Å². The molecule has 0 atom stereocenters. The highest BCUT2D eigenvalue weighted by molar-refractivity contribution is 5.76. The number of aliphatic carboxylic acids is 1. The number of carbonyl (C=O) groups is 1. The van der Waals surface area contributed by atoms with E-state index in [1.165, 1.54) is 0 Å². The molecule has 0 radical (unpaired) electrons. The molecule has 0 bridgehead atoms. The van der Waals surface area contributed by atoms with Crippen LogP contribution in [0.15, 0.2) is 0 Å². The lowest BCUT2D eigenvalue weighted by atomic mass is 10.1. The second kappa shape index (κ2) is 2.74. The predicted octanol–water partition coefficient (Wildman–Crippen LogP) is 1.90. The third kappa shape index (κ3) is 1.68. The molecule has 0 aliphatic rings. The molecule has 2 nitrogen and oxygen atoms in total. The quantitative estimate of drug-likeness (QED) is 0.712. The van der Waals surface area contributed by atoms with Gasteiger partial charge < -0.3 is 5.11 Å². The molecule has 0 saturated heterocycles. The topological polar surface area (TPSA) is 37.3 Å². The van der Waals surface area contributed by atoms with E-state index in [2.05, 4.69) is 0 Å². The zero-order valence-electron chi connectivity index (χ0n) is 5.50. The molecular formula is C4HF7O2. The first-order valence-electron chi connectivity index (χ1n) is 2.50. The monoisotopic (exact) mass is 214 g/mol. The molecule has 0 saturated carbocycles. The van der Waals surface area contributed by atoms with Crippen LogP contribution in [-0.4, -0.2) is 29.1 Å². The van der Waals surface area contributed by atoms with Crippen molar-refractivity contribution in [3.05, 3.63) is 0 Å². The van der Waals surface area contributed by atoms with Crippen LogP contribution in [0, 0.1) is 0 Å². The van der Waals surface area contributed by atoms with Crippen LogP contribution < -0.4 is 0 Å². The van der Waals surface area contributed by atoms with Crippen LogP contribution in [0.4, 0.5) is 30.7 Å². The van der Waals surface area contributed by atoms with Crippen LogP contribution in [0.3, 0.4) is 0 Å². The predicted molar refractivity (Wildman–Crippen MR) is 23.6 cm³/mol. The van der Waals surface area contributed by atoms with Gasteiger partial charge in [0, 0.05) is 0 Å². The molecular weight excluding hydrogens is 213 g/mol. The van der Waals surface area contributed by atoms with Crippen molar-refractivity contribution in [2.45, 2.75) is 18.0 Å². The Bertz CT molecular complexity index is 217. The van der Waals surface area contributed by atoms with Crippen LogP contribution in [-0.2, 0) is 4.79 Å². The van der Waals surface area contributed by atoms with Crippen molar-refractivity contribution in [3.63, 3.8) is 0 Å². The Morgan fingerprint density at radius 3 is 1.31 bits per heavy atom. The molecule has 0 aromatic rings. The summed E-state index contributed by atoms with van der Waals surface area (Å²) in [6.07, 6.45) is -6.60. The maximum atomic E-state index is 11.8. The van der Waals surface area contributed by atoms with Crippen molar-refractivity contribution in [2.24, 2.45) is 0 Å². The summed E-state index contributed by atoms with van der Waals surface area (Å²) in [4.78, 5) is 9.38. The Kier molecular flexibility index (Phi) is 2.52. The average Bonchev–Trinajstić information content (AvgIpc) is 1.84. The molecule has 0 aromatic carbocycles. The summed E-state index contributed by atoms with van der Waals surface area (Å²) in [5, 5.41) is 7.41. The van der Waals surface area contributed by atoms with Gasteiger partial charge in [-0.05, 0) is 0 Å². The smallest absolute Gasteiger partial charge is 0.460 e. The van der Waals surface area contributed by atoms with Crippen molar-refractivity contribution >= 4 is 5.97 Å². The molecule has 78 valence electrons. The number of carboxylic acids is 1. The molecule has 13 heavy (non-hydrogen) atoms. The fourth-order valence-corrected chi connectivity index (χ4v) is 0.312. The summed E-state index contributed by atoms with van der Waals surface area (Å²) < 4.78 is 80.5. The summed E-state index contributed by atoms with van der Waals surface area (Å²) in [7, 11) is 0. The van der Waals surface area contributed by atoms with Crippen LogP contribution in [0.25, 0.3) is 0 Å².